The minimum Gasteiger partial charge on any atom is -0.466 e. The summed E-state index contributed by atoms with van der Waals surface area (Å²) in [5, 5.41) is 9.03. The van der Waals surface area contributed by atoms with Gasteiger partial charge in [-0.25, -0.2) is 9.69 Å². The zero-order valence-corrected chi connectivity index (χ0v) is 17.8. The molecule has 10 heteroatoms. The number of urea groups is 1. The molecule has 2 aromatic rings. The van der Waals surface area contributed by atoms with Crippen LogP contribution < -0.4 is 4.90 Å². The van der Waals surface area contributed by atoms with Gasteiger partial charge in [-0.05, 0) is 37.6 Å². The van der Waals surface area contributed by atoms with E-state index in [4.69, 9.17) is 10.00 Å². The molecule has 0 aliphatic carbocycles. The first-order valence-electron chi connectivity index (χ1n) is 10.0. The monoisotopic (exact) mass is 459 g/mol. The number of amides is 3. The number of carbonyl (C=O) groups is 3. The Balaban J connectivity index is 2.10. The topological polar surface area (TPSA) is 90.7 Å². The second-order valence-electron chi connectivity index (χ2n) is 7.41. The van der Waals surface area contributed by atoms with E-state index in [9.17, 15) is 27.6 Å². The quantitative estimate of drug-likeness (QED) is 0.477. The van der Waals surface area contributed by atoms with Gasteiger partial charge in [0.05, 0.1) is 35.9 Å². The zero-order valence-electron chi connectivity index (χ0n) is 17.8. The van der Waals surface area contributed by atoms with Crippen LogP contribution in [0.1, 0.15) is 37.0 Å². The first-order valence-corrected chi connectivity index (χ1v) is 10.0. The molecule has 1 unspecified atom stereocenters. The molecule has 0 bridgehead atoms. The second kappa shape index (κ2) is 8.94. The van der Waals surface area contributed by atoms with E-state index in [1.54, 1.807) is 37.3 Å². The molecule has 0 spiro atoms. The number of carbonyl (C=O) groups excluding carboxylic acids is 3. The number of alkyl halides is 3. The highest BCUT2D eigenvalue weighted by Crippen LogP contribution is 2.41. The smallest absolute Gasteiger partial charge is 0.417 e. The van der Waals surface area contributed by atoms with Gasteiger partial charge in [-0.2, -0.15) is 18.4 Å². The number of benzene rings is 2. The Morgan fingerprint density at radius 2 is 1.82 bits per heavy atom. The molecule has 0 saturated carbocycles. The van der Waals surface area contributed by atoms with Crippen LogP contribution in [0.5, 0.6) is 0 Å². The molecule has 1 saturated heterocycles. The van der Waals surface area contributed by atoms with E-state index >= 15 is 0 Å². The van der Waals surface area contributed by atoms with Crippen LogP contribution in [0.4, 0.5) is 23.7 Å². The molecule has 33 heavy (non-hydrogen) atoms. The van der Waals surface area contributed by atoms with E-state index in [0.29, 0.717) is 16.5 Å². The number of ether oxygens (including phenoxy) is 1. The van der Waals surface area contributed by atoms with Gasteiger partial charge in [0.2, 0.25) is 0 Å². The third kappa shape index (κ3) is 4.26. The second-order valence-corrected chi connectivity index (χ2v) is 7.41. The highest BCUT2D eigenvalue weighted by Gasteiger charge is 2.56. The first kappa shape index (κ1) is 23.8. The molecule has 172 valence electrons. The number of nitrogens with zero attached hydrogens (tertiary/aromatic N) is 3. The summed E-state index contributed by atoms with van der Waals surface area (Å²) < 4.78 is 45.3. The third-order valence-electron chi connectivity index (χ3n) is 5.45. The predicted molar refractivity (Wildman–Crippen MR) is 111 cm³/mol. The first-order chi connectivity index (χ1) is 15.6. The standard InChI is InChI=1S/C23H20F3N3O4/c1-3-33-19(30)11-12-28-21(32)29(20(31)22(28,2)16-7-5-4-6-8-16)17-10-9-15(14-27)18(13-17)23(24,25)26/h4-10,13H,3,11-12H2,1-2H3. The van der Waals surface area contributed by atoms with Crippen LogP contribution in [-0.2, 0) is 26.0 Å². The van der Waals surface area contributed by atoms with Gasteiger partial charge in [0.25, 0.3) is 5.91 Å². The van der Waals surface area contributed by atoms with Gasteiger partial charge >= 0.3 is 18.2 Å². The average molecular weight is 459 g/mol. The molecule has 7 nitrogen and oxygen atoms in total. The molecule has 0 N–H and O–H groups in total. The molecule has 1 aliphatic heterocycles. The fourth-order valence-electron chi connectivity index (χ4n) is 3.76. The summed E-state index contributed by atoms with van der Waals surface area (Å²) in [6.45, 7) is 3.05. The SMILES string of the molecule is CCOC(=O)CCN1C(=O)N(c2ccc(C#N)c(C(F)(F)F)c2)C(=O)C1(C)c1ccccc1. The van der Waals surface area contributed by atoms with Crippen molar-refractivity contribution in [3.05, 3.63) is 65.2 Å². The molecule has 1 aliphatic rings. The highest BCUT2D eigenvalue weighted by atomic mass is 19.4. The maximum absolute atomic E-state index is 13.5. The minimum atomic E-state index is -4.86. The maximum Gasteiger partial charge on any atom is 0.417 e. The van der Waals surface area contributed by atoms with Crippen molar-refractivity contribution < 1.29 is 32.3 Å². The van der Waals surface area contributed by atoms with Gasteiger partial charge in [-0.15, -0.1) is 0 Å². The Hall–Kier alpha value is -3.87. The number of hydrogen-bond donors (Lipinski definition) is 0. The Morgan fingerprint density at radius 3 is 2.39 bits per heavy atom. The Labute approximate surface area is 188 Å². The van der Waals surface area contributed by atoms with Crippen LogP contribution in [0.25, 0.3) is 0 Å². The van der Waals surface area contributed by atoms with Crippen molar-refractivity contribution in [3.63, 3.8) is 0 Å². The average Bonchev–Trinajstić information content (AvgIpc) is 2.98. The number of hydrogen-bond acceptors (Lipinski definition) is 5. The predicted octanol–water partition coefficient (Wildman–Crippen LogP) is 4.21. The summed E-state index contributed by atoms with van der Waals surface area (Å²) in [6, 6.07) is 11.5. The lowest BCUT2D eigenvalue weighted by Crippen LogP contribution is -2.45. The number of anilines is 1. The van der Waals surface area contributed by atoms with Crippen molar-refractivity contribution in [2.24, 2.45) is 0 Å². The molecule has 3 amide bonds. The van der Waals surface area contributed by atoms with E-state index in [2.05, 4.69) is 0 Å². The number of imide groups is 1. The molecule has 1 atom stereocenters. The van der Waals surface area contributed by atoms with Crippen molar-refractivity contribution in [2.75, 3.05) is 18.1 Å². The fraction of sp³-hybridized carbons (Fsp3) is 0.304. The summed E-state index contributed by atoms with van der Waals surface area (Å²) in [6.07, 6.45) is -5.07. The van der Waals surface area contributed by atoms with Crippen molar-refractivity contribution >= 4 is 23.6 Å². The van der Waals surface area contributed by atoms with Gasteiger partial charge in [-0.3, -0.25) is 9.59 Å². The van der Waals surface area contributed by atoms with Crippen LogP contribution >= 0.6 is 0 Å². The highest BCUT2D eigenvalue weighted by molar-refractivity contribution is 6.23. The number of nitriles is 1. The number of esters is 1. The lowest BCUT2D eigenvalue weighted by Gasteiger charge is -2.31. The maximum atomic E-state index is 13.5. The van der Waals surface area contributed by atoms with Crippen LogP contribution in [0, 0.1) is 11.3 Å². The summed E-state index contributed by atoms with van der Waals surface area (Å²) in [7, 11) is 0. The van der Waals surface area contributed by atoms with E-state index in [0.717, 1.165) is 17.0 Å². The van der Waals surface area contributed by atoms with E-state index < -0.39 is 40.7 Å². The lowest BCUT2D eigenvalue weighted by molar-refractivity contribution is -0.144. The molecule has 1 fully saturated rings. The van der Waals surface area contributed by atoms with Crippen LogP contribution in [0.2, 0.25) is 0 Å². The summed E-state index contributed by atoms with van der Waals surface area (Å²) >= 11 is 0. The van der Waals surface area contributed by atoms with E-state index in [1.807, 2.05) is 0 Å². The molecule has 2 aromatic carbocycles. The van der Waals surface area contributed by atoms with Crippen LogP contribution in [0.15, 0.2) is 48.5 Å². The summed E-state index contributed by atoms with van der Waals surface area (Å²) in [5.41, 5.74) is -3.35. The normalized spacial score (nSPS) is 18.4. The van der Waals surface area contributed by atoms with Gasteiger partial charge in [-0.1, -0.05) is 30.3 Å². The van der Waals surface area contributed by atoms with Gasteiger partial charge in [0.15, 0.2) is 0 Å². The molecule has 1 heterocycles. The van der Waals surface area contributed by atoms with E-state index in [-0.39, 0.29) is 25.3 Å². The molecule has 0 radical (unpaired) electrons. The zero-order chi connectivity index (χ0) is 24.4. The Bertz CT molecular complexity index is 1130. The molecular formula is C23H20F3N3O4. The van der Waals surface area contributed by atoms with Crippen molar-refractivity contribution in [1.29, 1.82) is 5.26 Å². The summed E-state index contributed by atoms with van der Waals surface area (Å²) in [5.74, 6) is -1.36. The van der Waals surface area contributed by atoms with Crippen molar-refractivity contribution in [1.82, 2.24) is 4.90 Å². The molecule has 3 rings (SSSR count). The van der Waals surface area contributed by atoms with Crippen LogP contribution in [0.3, 0.4) is 0 Å². The fourth-order valence-corrected chi connectivity index (χ4v) is 3.76. The van der Waals surface area contributed by atoms with Gasteiger partial charge in [0.1, 0.15) is 5.54 Å². The Morgan fingerprint density at radius 1 is 1.15 bits per heavy atom. The van der Waals surface area contributed by atoms with Gasteiger partial charge in [0, 0.05) is 6.54 Å². The van der Waals surface area contributed by atoms with E-state index in [1.165, 1.54) is 13.0 Å². The number of halogens is 3. The van der Waals surface area contributed by atoms with Crippen molar-refractivity contribution in [3.8, 4) is 6.07 Å². The van der Waals surface area contributed by atoms with Gasteiger partial charge < -0.3 is 9.64 Å². The lowest BCUT2D eigenvalue weighted by atomic mass is 9.90. The number of rotatable bonds is 6. The summed E-state index contributed by atoms with van der Waals surface area (Å²) in [4.78, 5) is 40.6. The Kier molecular flexibility index (Phi) is 6.44. The van der Waals surface area contributed by atoms with Crippen molar-refractivity contribution in [2.45, 2.75) is 32.0 Å². The largest absolute Gasteiger partial charge is 0.466 e. The molecule has 0 aromatic heterocycles. The minimum absolute atomic E-state index is 0.138. The third-order valence-corrected chi connectivity index (χ3v) is 5.45. The van der Waals surface area contributed by atoms with Crippen LogP contribution in [-0.4, -0.2) is 36.0 Å². The molecular weight excluding hydrogens is 439 g/mol.